The molecule has 0 aliphatic carbocycles. The molecule has 2 heterocycles. The van der Waals surface area contributed by atoms with Gasteiger partial charge in [-0.05, 0) is 26.0 Å². The van der Waals surface area contributed by atoms with Crippen molar-refractivity contribution in [1.82, 2.24) is 14.8 Å². The Hall–Kier alpha value is -2.27. The van der Waals surface area contributed by atoms with Crippen LogP contribution in [0.4, 0.5) is 24.8 Å². The topological polar surface area (TPSA) is 72.3 Å². The zero-order valence-corrected chi connectivity index (χ0v) is 16.2. The van der Waals surface area contributed by atoms with Crippen molar-refractivity contribution in [3.05, 3.63) is 29.6 Å². The molecule has 0 unspecified atom stereocenters. The second-order valence-corrected chi connectivity index (χ2v) is 7.41. The molecule has 1 aromatic heterocycles. The van der Waals surface area contributed by atoms with Crippen molar-refractivity contribution < 1.29 is 22.7 Å². The SMILES string of the molecule is CCn1c(S[C@@H](C)C(=O)Nc2ccc(F)c(F)c2F)nnc1N1CCOCC1. The summed E-state index contributed by atoms with van der Waals surface area (Å²) >= 11 is 1.15. The van der Waals surface area contributed by atoms with E-state index in [9.17, 15) is 18.0 Å². The fourth-order valence-corrected chi connectivity index (χ4v) is 3.62. The van der Waals surface area contributed by atoms with Gasteiger partial charge < -0.3 is 15.0 Å². The number of rotatable bonds is 6. The molecule has 0 spiro atoms. The third-order valence-corrected chi connectivity index (χ3v) is 5.33. The zero-order valence-electron chi connectivity index (χ0n) is 15.4. The van der Waals surface area contributed by atoms with Crippen LogP contribution in [-0.4, -0.2) is 52.2 Å². The average molecular weight is 415 g/mol. The molecule has 1 aliphatic heterocycles. The van der Waals surface area contributed by atoms with Crippen LogP contribution in [0.2, 0.25) is 0 Å². The van der Waals surface area contributed by atoms with Gasteiger partial charge in [0.05, 0.1) is 24.2 Å². The number of nitrogens with one attached hydrogen (secondary N) is 1. The van der Waals surface area contributed by atoms with Gasteiger partial charge in [0.25, 0.3) is 0 Å². The minimum Gasteiger partial charge on any atom is -0.378 e. The van der Waals surface area contributed by atoms with E-state index < -0.39 is 34.3 Å². The fourth-order valence-electron chi connectivity index (χ4n) is 2.71. The number of ether oxygens (including phenoxy) is 1. The number of thioether (sulfide) groups is 1. The molecule has 11 heteroatoms. The summed E-state index contributed by atoms with van der Waals surface area (Å²) in [7, 11) is 0. The number of hydrogen-bond acceptors (Lipinski definition) is 6. The maximum absolute atomic E-state index is 13.8. The van der Waals surface area contributed by atoms with Crippen molar-refractivity contribution in [3.8, 4) is 0 Å². The van der Waals surface area contributed by atoms with Gasteiger partial charge in [0.15, 0.2) is 22.6 Å². The molecule has 28 heavy (non-hydrogen) atoms. The van der Waals surface area contributed by atoms with Gasteiger partial charge in [-0.25, -0.2) is 13.2 Å². The monoisotopic (exact) mass is 415 g/mol. The first kappa shape index (κ1) is 20.5. The number of anilines is 2. The summed E-state index contributed by atoms with van der Waals surface area (Å²) in [6, 6.07) is 1.74. The van der Waals surface area contributed by atoms with Crippen LogP contribution < -0.4 is 10.2 Å². The van der Waals surface area contributed by atoms with E-state index >= 15 is 0 Å². The highest BCUT2D eigenvalue weighted by Gasteiger charge is 2.24. The van der Waals surface area contributed by atoms with E-state index in [4.69, 9.17) is 4.74 Å². The molecule has 1 aliphatic rings. The molecule has 1 atom stereocenters. The Kier molecular flexibility index (Phi) is 6.45. The van der Waals surface area contributed by atoms with E-state index in [1.807, 2.05) is 11.5 Å². The normalized spacial score (nSPS) is 15.5. The standard InChI is InChI=1S/C17H20F3N5O2S/c1-3-25-16(24-6-8-27-9-7-24)22-23-17(25)28-10(2)15(26)21-12-5-4-11(18)13(19)14(12)20/h4-5,10H,3,6-9H2,1-2H3,(H,21,26)/t10-/m0/s1. The lowest BCUT2D eigenvalue weighted by molar-refractivity contribution is -0.115. The van der Waals surface area contributed by atoms with Gasteiger partial charge in [-0.1, -0.05) is 11.8 Å². The number of benzene rings is 1. The summed E-state index contributed by atoms with van der Waals surface area (Å²) in [4.78, 5) is 14.4. The Morgan fingerprint density at radius 1 is 1.25 bits per heavy atom. The molecular weight excluding hydrogens is 395 g/mol. The van der Waals surface area contributed by atoms with Gasteiger partial charge in [-0.2, -0.15) is 0 Å². The maximum Gasteiger partial charge on any atom is 0.237 e. The molecule has 0 radical (unpaired) electrons. The highest BCUT2D eigenvalue weighted by atomic mass is 32.2. The van der Waals surface area contributed by atoms with Gasteiger partial charge in [-0.15, -0.1) is 10.2 Å². The molecule has 1 amide bonds. The minimum absolute atomic E-state index is 0.415. The summed E-state index contributed by atoms with van der Waals surface area (Å²) < 4.78 is 47.3. The van der Waals surface area contributed by atoms with E-state index in [2.05, 4.69) is 20.4 Å². The Balaban J connectivity index is 1.70. The number of hydrogen-bond donors (Lipinski definition) is 1. The molecule has 0 saturated carbocycles. The number of carbonyl (C=O) groups is 1. The van der Waals surface area contributed by atoms with E-state index in [0.717, 1.165) is 23.9 Å². The number of nitrogens with zero attached hydrogens (tertiary/aromatic N) is 4. The van der Waals surface area contributed by atoms with Crippen LogP contribution in [0, 0.1) is 17.5 Å². The molecule has 0 bridgehead atoms. The van der Waals surface area contributed by atoms with Gasteiger partial charge in [0.2, 0.25) is 11.9 Å². The summed E-state index contributed by atoms with van der Waals surface area (Å²) in [5, 5.41) is 10.5. The van der Waals surface area contributed by atoms with Crippen molar-refractivity contribution in [1.29, 1.82) is 0 Å². The maximum atomic E-state index is 13.8. The van der Waals surface area contributed by atoms with E-state index in [0.29, 0.717) is 44.0 Å². The fraction of sp³-hybridized carbons (Fsp3) is 0.471. The molecule has 1 fully saturated rings. The van der Waals surface area contributed by atoms with Gasteiger partial charge in [0, 0.05) is 19.6 Å². The van der Waals surface area contributed by atoms with Crippen LogP contribution in [0.5, 0.6) is 0 Å². The Morgan fingerprint density at radius 3 is 2.64 bits per heavy atom. The molecule has 1 N–H and O–H groups in total. The first-order valence-electron chi connectivity index (χ1n) is 8.79. The van der Waals surface area contributed by atoms with Gasteiger partial charge >= 0.3 is 0 Å². The van der Waals surface area contributed by atoms with Crippen molar-refractivity contribution in [2.24, 2.45) is 0 Å². The predicted molar refractivity (Wildman–Crippen MR) is 99.0 cm³/mol. The second kappa shape index (κ2) is 8.82. The first-order chi connectivity index (χ1) is 13.4. The van der Waals surface area contributed by atoms with E-state index in [1.165, 1.54) is 0 Å². The third-order valence-electron chi connectivity index (χ3n) is 4.25. The largest absolute Gasteiger partial charge is 0.378 e. The number of carbonyl (C=O) groups excluding carboxylic acids is 1. The Labute approximate surface area is 164 Å². The number of aromatic nitrogens is 3. The molecule has 152 valence electrons. The van der Waals surface area contributed by atoms with Crippen molar-refractivity contribution in [2.45, 2.75) is 30.8 Å². The lowest BCUT2D eigenvalue weighted by Gasteiger charge is -2.27. The Morgan fingerprint density at radius 2 is 1.96 bits per heavy atom. The molecular formula is C17H20F3N5O2S. The zero-order chi connectivity index (χ0) is 20.3. The quantitative estimate of drug-likeness (QED) is 0.578. The molecule has 1 aromatic carbocycles. The molecule has 3 rings (SSSR count). The minimum atomic E-state index is -1.63. The predicted octanol–water partition coefficient (Wildman–Crippen LogP) is 2.67. The highest BCUT2D eigenvalue weighted by Crippen LogP contribution is 2.27. The van der Waals surface area contributed by atoms with Crippen molar-refractivity contribution >= 4 is 29.3 Å². The molecule has 2 aromatic rings. The number of amides is 1. The second-order valence-electron chi connectivity index (χ2n) is 6.10. The van der Waals surface area contributed by atoms with Crippen LogP contribution >= 0.6 is 11.8 Å². The van der Waals surface area contributed by atoms with Crippen LogP contribution in [0.25, 0.3) is 0 Å². The number of halogens is 3. The van der Waals surface area contributed by atoms with Crippen LogP contribution in [0.1, 0.15) is 13.8 Å². The molecule has 7 nitrogen and oxygen atoms in total. The average Bonchev–Trinajstić information content (AvgIpc) is 3.11. The Bertz CT molecular complexity index is 858. The van der Waals surface area contributed by atoms with Crippen molar-refractivity contribution in [2.75, 3.05) is 36.5 Å². The van der Waals surface area contributed by atoms with E-state index in [1.54, 1.807) is 6.92 Å². The smallest absolute Gasteiger partial charge is 0.237 e. The van der Waals surface area contributed by atoms with E-state index in [-0.39, 0.29) is 0 Å². The number of morpholine rings is 1. The summed E-state index contributed by atoms with van der Waals surface area (Å²) in [6.07, 6.45) is 0. The van der Waals surface area contributed by atoms with Crippen LogP contribution in [0.15, 0.2) is 17.3 Å². The first-order valence-corrected chi connectivity index (χ1v) is 9.67. The third kappa shape index (κ3) is 4.25. The van der Waals surface area contributed by atoms with Gasteiger partial charge in [-0.3, -0.25) is 9.36 Å². The highest BCUT2D eigenvalue weighted by molar-refractivity contribution is 8.00. The van der Waals surface area contributed by atoms with Crippen molar-refractivity contribution in [3.63, 3.8) is 0 Å². The summed E-state index contributed by atoms with van der Waals surface area (Å²) in [5.74, 6) is -4.23. The summed E-state index contributed by atoms with van der Waals surface area (Å²) in [6.45, 7) is 6.78. The molecule has 1 saturated heterocycles. The lowest BCUT2D eigenvalue weighted by Crippen LogP contribution is -2.38. The summed E-state index contributed by atoms with van der Waals surface area (Å²) in [5.41, 5.74) is -0.415. The van der Waals surface area contributed by atoms with Crippen LogP contribution in [-0.2, 0) is 16.1 Å². The van der Waals surface area contributed by atoms with Gasteiger partial charge in [0.1, 0.15) is 0 Å². The van der Waals surface area contributed by atoms with Crippen LogP contribution in [0.3, 0.4) is 0 Å². The lowest BCUT2D eigenvalue weighted by atomic mass is 10.2.